The van der Waals surface area contributed by atoms with Crippen LogP contribution in [-0.2, 0) is 4.79 Å². The number of amides is 1. The largest absolute Gasteiger partial charge is 0.392 e. The van der Waals surface area contributed by atoms with Crippen molar-refractivity contribution in [1.29, 1.82) is 0 Å². The van der Waals surface area contributed by atoms with Gasteiger partial charge in [0.05, 0.1) is 10.4 Å². The molecule has 0 spiro atoms. The SMILES string of the molecule is CCN(CC)C(=O)C1(C(N)=S)CCCC1. The van der Waals surface area contributed by atoms with Gasteiger partial charge in [-0.25, -0.2) is 0 Å². The van der Waals surface area contributed by atoms with Crippen LogP contribution < -0.4 is 5.73 Å². The van der Waals surface area contributed by atoms with Crippen LogP contribution in [0.25, 0.3) is 0 Å². The van der Waals surface area contributed by atoms with Gasteiger partial charge in [-0.2, -0.15) is 0 Å². The van der Waals surface area contributed by atoms with Crippen LogP contribution in [0.3, 0.4) is 0 Å². The number of nitrogens with two attached hydrogens (primary N) is 1. The molecule has 0 aromatic rings. The van der Waals surface area contributed by atoms with Gasteiger partial charge in [0.1, 0.15) is 0 Å². The Kier molecular flexibility index (Phi) is 4.08. The molecule has 1 aliphatic carbocycles. The van der Waals surface area contributed by atoms with Gasteiger partial charge in [0.15, 0.2) is 0 Å². The molecule has 0 aromatic carbocycles. The zero-order valence-corrected chi connectivity index (χ0v) is 10.4. The van der Waals surface area contributed by atoms with Crippen LogP contribution in [0, 0.1) is 5.41 Å². The number of nitrogens with zero attached hydrogens (tertiary/aromatic N) is 1. The fraction of sp³-hybridized carbons (Fsp3) is 0.818. The van der Waals surface area contributed by atoms with Gasteiger partial charge in [0.2, 0.25) is 5.91 Å². The Labute approximate surface area is 97.0 Å². The molecular weight excluding hydrogens is 208 g/mol. The molecule has 1 saturated carbocycles. The quantitative estimate of drug-likeness (QED) is 0.745. The topological polar surface area (TPSA) is 46.3 Å². The summed E-state index contributed by atoms with van der Waals surface area (Å²) in [5, 5.41) is 0. The maximum atomic E-state index is 12.3. The van der Waals surface area contributed by atoms with E-state index in [0.717, 1.165) is 38.8 Å². The molecule has 4 heteroatoms. The molecule has 0 bridgehead atoms. The molecule has 0 radical (unpaired) electrons. The molecular formula is C11H20N2OS. The second-order valence-electron chi connectivity index (χ2n) is 4.13. The molecule has 0 aliphatic heterocycles. The first-order valence-corrected chi connectivity index (χ1v) is 6.08. The second-order valence-corrected chi connectivity index (χ2v) is 4.57. The van der Waals surface area contributed by atoms with Crippen molar-refractivity contribution in [2.24, 2.45) is 11.1 Å². The van der Waals surface area contributed by atoms with Crippen LogP contribution in [0.4, 0.5) is 0 Å². The molecule has 0 atom stereocenters. The Bertz CT molecular complexity index is 255. The predicted molar refractivity (Wildman–Crippen MR) is 65.6 cm³/mol. The fourth-order valence-electron chi connectivity index (χ4n) is 2.36. The summed E-state index contributed by atoms with van der Waals surface area (Å²) in [4.78, 5) is 14.6. The van der Waals surface area contributed by atoms with Gasteiger partial charge in [-0.3, -0.25) is 4.79 Å². The second kappa shape index (κ2) is 4.92. The van der Waals surface area contributed by atoms with E-state index >= 15 is 0 Å². The monoisotopic (exact) mass is 228 g/mol. The highest BCUT2D eigenvalue weighted by atomic mass is 32.1. The lowest BCUT2D eigenvalue weighted by Gasteiger charge is -2.32. The van der Waals surface area contributed by atoms with Crippen molar-refractivity contribution in [1.82, 2.24) is 4.90 Å². The van der Waals surface area contributed by atoms with Crippen molar-refractivity contribution in [2.45, 2.75) is 39.5 Å². The van der Waals surface area contributed by atoms with E-state index in [4.69, 9.17) is 18.0 Å². The highest BCUT2D eigenvalue weighted by molar-refractivity contribution is 7.80. The summed E-state index contributed by atoms with van der Waals surface area (Å²) in [6.07, 6.45) is 3.78. The highest BCUT2D eigenvalue weighted by Gasteiger charge is 2.45. The van der Waals surface area contributed by atoms with Crippen molar-refractivity contribution in [3.8, 4) is 0 Å². The molecule has 15 heavy (non-hydrogen) atoms. The van der Waals surface area contributed by atoms with Crippen LogP contribution in [0.2, 0.25) is 0 Å². The molecule has 0 saturated heterocycles. The van der Waals surface area contributed by atoms with Gasteiger partial charge < -0.3 is 10.6 Å². The molecule has 2 N–H and O–H groups in total. The Morgan fingerprint density at radius 3 is 2.13 bits per heavy atom. The molecule has 86 valence electrons. The van der Waals surface area contributed by atoms with Crippen LogP contribution in [0.1, 0.15) is 39.5 Å². The minimum atomic E-state index is -0.526. The molecule has 0 aromatic heterocycles. The van der Waals surface area contributed by atoms with Gasteiger partial charge in [-0.15, -0.1) is 0 Å². The van der Waals surface area contributed by atoms with Gasteiger partial charge in [0, 0.05) is 13.1 Å². The number of hydrogen-bond donors (Lipinski definition) is 1. The third-order valence-corrected chi connectivity index (χ3v) is 3.78. The molecule has 1 rings (SSSR count). The lowest BCUT2D eigenvalue weighted by atomic mass is 9.84. The average molecular weight is 228 g/mol. The number of rotatable bonds is 4. The summed E-state index contributed by atoms with van der Waals surface area (Å²) in [7, 11) is 0. The minimum absolute atomic E-state index is 0.137. The normalized spacial score (nSPS) is 18.8. The molecule has 3 nitrogen and oxygen atoms in total. The minimum Gasteiger partial charge on any atom is -0.392 e. The van der Waals surface area contributed by atoms with E-state index in [1.54, 1.807) is 0 Å². The fourth-order valence-corrected chi connectivity index (χ4v) is 2.65. The van der Waals surface area contributed by atoms with Crippen molar-refractivity contribution in [3.63, 3.8) is 0 Å². The molecule has 1 aliphatic rings. The van der Waals surface area contributed by atoms with Crippen LogP contribution in [0.5, 0.6) is 0 Å². The number of hydrogen-bond acceptors (Lipinski definition) is 2. The Morgan fingerprint density at radius 2 is 1.80 bits per heavy atom. The molecule has 0 heterocycles. The summed E-state index contributed by atoms with van der Waals surface area (Å²) in [6, 6.07) is 0. The Hall–Kier alpha value is -0.640. The lowest BCUT2D eigenvalue weighted by Crippen LogP contribution is -2.49. The zero-order valence-electron chi connectivity index (χ0n) is 9.58. The summed E-state index contributed by atoms with van der Waals surface area (Å²) in [6.45, 7) is 5.45. The average Bonchev–Trinajstić information content (AvgIpc) is 2.69. The standard InChI is InChI=1S/C11H20N2OS/c1-3-13(4-2)10(14)11(9(12)15)7-5-6-8-11/h3-8H2,1-2H3,(H2,12,15). The summed E-state index contributed by atoms with van der Waals surface area (Å²) in [5.41, 5.74) is 5.24. The Balaban J connectivity index is 2.90. The number of thiocarbonyl (C=S) groups is 1. The summed E-state index contributed by atoms with van der Waals surface area (Å²) in [5.74, 6) is 0.137. The van der Waals surface area contributed by atoms with E-state index < -0.39 is 5.41 Å². The lowest BCUT2D eigenvalue weighted by molar-refractivity contribution is -0.137. The van der Waals surface area contributed by atoms with Crippen LogP contribution in [-0.4, -0.2) is 28.9 Å². The van der Waals surface area contributed by atoms with E-state index in [0.29, 0.717) is 4.99 Å². The zero-order chi connectivity index (χ0) is 11.5. The maximum absolute atomic E-state index is 12.3. The van der Waals surface area contributed by atoms with Crippen LogP contribution >= 0.6 is 12.2 Å². The third kappa shape index (κ3) is 2.14. The van der Waals surface area contributed by atoms with E-state index in [1.165, 1.54) is 0 Å². The summed E-state index contributed by atoms with van der Waals surface area (Å²) >= 11 is 5.09. The van der Waals surface area contributed by atoms with Crippen molar-refractivity contribution < 1.29 is 4.79 Å². The predicted octanol–water partition coefficient (Wildman–Crippen LogP) is 1.70. The van der Waals surface area contributed by atoms with Gasteiger partial charge in [0.25, 0.3) is 0 Å². The van der Waals surface area contributed by atoms with Crippen LogP contribution in [0.15, 0.2) is 0 Å². The third-order valence-electron chi connectivity index (χ3n) is 3.39. The first kappa shape index (κ1) is 12.4. The number of carbonyl (C=O) groups excluding carboxylic acids is 1. The van der Waals surface area contributed by atoms with Crippen molar-refractivity contribution in [3.05, 3.63) is 0 Å². The van der Waals surface area contributed by atoms with Crippen molar-refractivity contribution >= 4 is 23.1 Å². The van der Waals surface area contributed by atoms with E-state index in [9.17, 15) is 4.79 Å². The smallest absolute Gasteiger partial charge is 0.235 e. The van der Waals surface area contributed by atoms with Gasteiger partial charge >= 0.3 is 0 Å². The first-order valence-electron chi connectivity index (χ1n) is 5.67. The number of carbonyl (C=O) groups is 1. The van der Waals surface area contributed by atoms with Gasteiger partial charge in [-0.05, 0) is 26.7 Å². The summed E-state index contributed by atoms with van der Waals surface area (Å²) < 4.78 is 0. The molecule has 1 fully saturated rings. The van der Waals surface area contributed by atoms with Gasteiger partial charge in [-0.1, -0.05) is 25.1 Å². The van der Waals surface area contributed by atoms with E-state index in [-0.39, 0.29) is 5.91 Å². The molecule has 0 unspecified atom stereocenters. The van der Waals surface area contributed by atoms with Crippen molar-refractivity contribution in [2.75, 3.05) is 13.1 Å². The van der Waals surface area contributed by atoms with E-state index in [2.05, 4.69) is 0 Å². The molecule has 1 amide bonds. The van der Waals surface area contributed by atoms with E-state index in [1.807, 2.05) is 18.7 Å². The first-order chi connectivity index (χ1) is 7.08. The maximum Gasteiger partial charge on any atom is 0.235 e. The highest BCUT2D eigenvalue weighted by Crippen LogP contribution is 2.40. The Morgan fingerprint density at radius 1 is 1.33 bits per heavy atom.